The van der Waals surface area contributed by atoms with Crippen LogP contribution in [0.15, 0.2) is 212 Å². The second-order valence-electron chi connectivity index (χ2n) is 17.0. The van der Waals surface area contributed by atoms with Gasteiger partial charge in [0.25, 0.3) is 0 Å². The molecule has 0 N–H and O–H groups in total. The Bertz CT molecular complexity index is 3450. The molecule has 1 aliphatic carbocycles. The van der Waals surface area contributed by atoms with Gasteiger partial charge in [0.05, 0.1) is 22.4 Å². The third-order valence-electron chi connectivity index (χ3n) is 13.5. The molecule has 296 valence electrons. The van der Waals surface area contributed by atoms with E-state index >= 15 is 0 Å². The molecule has 0 unspecified atom stereocenters. The first kappa shape index (κ1) is 36.4. The Balaban J connectivity index is 1.15. The van der Waals surface area contributed by atoms with E-state index in [1.165, 1.54) is 114 Å². The molecule has 0 aliphatic heterocycles. The van der Waals surface area contributed by atoms with Crippen molar-refractivity contribution >= 4 is 71.2 Å². The Hall–Kier alpha value is -7.42. The lowest BCUT2D eigenvalue weighted by atomic mass is 9.80. The maximum atomic E-state index is 2.54. The Morgan fingerprint density at radius 3 is 1.95 bits per heavy atom. The maximum absolute atomic E-state index is 2.54. The third kappa shape index (κ3) is 6.01. The number of hydrogen-bond donors (Lipinski definition) is 0. The molecule has 1 aromatic heterocycles. The zero-order valence-electron chi connectivity index (χ0n) is 34.7. The molecule has 0 spiro atoms. The van der Waals surface area contributed by atoms with Crippen LogP contribution in [0.4, 0.5) is 17.1 Å². The zero-order valence-corrected chi connectivity index (χ0v) is 34.7. The maximum Gasteiger partial charge on any atom is 0.0782 e. The van der Waals surface area contributed by atoms with Crippen LogP contribution < -0.4 is 4.90 Å². The van der Waals surface area contributed by atoms with E-state index in [4.69, 9.17) is 0 Å². The molecular formula is C60H46N2. The summed E-state index contributed by atoms with van der Waals surface area (Å²) >= 11 is 0. The number of para-hydroxylation sites is 4. The Labute approximate surface area is 362 Å². The second kappa shape index (κ2) is 15.2. The monoisotopic (exact) mass is 794 g/mol. The third-order valence-corrected chi connectivity index (χ3v) is 13.5. The van der Waals surface area contributed by atoms with Crippen LogP contribution in [0.5, 0.6) is 0 Å². The van der Waals surface area contributed by atoms with Crippen LogP contribution in [0.1, 0.15) is 43.6 Å². The van der Waals surface area contributed by atoms with Gasteiger partial charge in [0.15, 0.2) is 0 Å². The van der Waals surface area contributed by atoms with E-state index in [1.807, 2.05) is 0 Å². The van der Waals surface area contributed by atoms with Crippen LogP contribution in [0, 0.1) is 0 Å². The van der Waals surface area contributed by atoms with Crippen LogP contribution in [-0.4, -0.2) is 4.57 Å². The van der Waals surface area contributed by atoms with E-state index < -0.39 is 0 Å². The fourth-order valence-corrected chi connectivity index (χ4v) is 10.8. The molecule has 1 saturated carbocycles. The quantitative estimate of drug-likeness (QED) is 0.146. The summed E-state index contributed by atoms with van der Waals surface area (Å²) in [4.78, 5) is 2.54. The molecule has 0 bridgehead atoms. The van der Waals surface area contributed by atoms with Gasteiger partial charge in [-0.1, -0.05) is 189 Å². The molecule has 1 aliphatic rings. The number of hydrogen-bond acceptors (Lipinski definition) is 1. The molecule has 0 atom stereocenters. The van der Waals surface area contributed by atoms with Crippen molar-refractivity contribution in [1.82, 2.24) is 4.57 Å². The number of aromatic nitrogens is 1. The highest BCUT2D eigenvalue weighted by Gasteiger charge is 2.26. The lowest BCUT2D eigenvalue weighted by molar-refractivity contribution is 0.445. The van der Waals surface area contributed by atoms with E-state index in [-0.39, 0.29) is 0 Å². The van der Waals surface area contributed by atoms with Gasteiger partial charge in [0.1, 0.15) is 0 Å². The summed E-state index contributed by atoms with van der Waals surface area (Å²) in [5.41, 5.74) is 13.3. The molecular weight excluding hydrogens is 749 g/mol. The summed E-state index contributed by atoms with van der Waals surface area (Å²) in [5, 5.41) is 10.2. The van der Waals surface area contributed by atoms with Gasteiger partial charge in [-0.3, -0.25) is 0 Å². The number of benzene rings is 10. The molecule has 10 aromatic carbocycles. The van der Waals surface area contributed by atoms with Crippen molar-refractivity contribution in [2.45, 2.75) is 38.0 Å². The standard InChI is InChI=1S/C60H46N2/c1-3-18-41(19-4-1)49-31-14-21-43-22-15-33-54(59(43)49)52-28-9-11-35-56(52)61(58-37-17-34-55-53-29-10-12-36-57(53)62(60(55)58)45-24-5-2-6-25-45)46-26-13-23-44(40-46)48-30-16-32-50-47-27-8-7-20-42(47)38-39-51(48)50/h2,5-17,20-41H,1,3-4,18-19H2. The summed E-state index contributed by atoms with van der Waals surface area (Å²) in [6.07, 6.45) is 6.45. The molecule has 1 fully saturated rings. The van der Waals surface area contributed by atoms with Crippen molar-refractivity contribution < 1.29 is 0 Å². The SMILES string of the molecule is c1ccc(-n2c3ccccc3c3cccc(N(c4cccc(-c5cccc6c5ccc5ccccc56)c4)c4ccccc4-c4cccc5cccc(C6CCCCC6)c45)c32)cc1. The molecule has 1 heterocycles. The number of rotatable bonds is 7. The molecule has 11 aromatic rings. The van der Waals surface area contributed by atoms with Crippen LogP contribution in [0.2, 0.25) is 0 Å². The summed E-state index contributed by atoms with van der Waals surface area (Å²) in [6.45, 7) is 0. The van der Waals surface area contributed by atoms with Crippen LogP contribution in [0.3, 0.4) is 0 Å². The average Bonchev–Trinajstić information content (AvgIpc) is 3.69. The van der Waals surface area contributed by atoms with Gasteiger partial charge in [0.2, 0.25) is 0 Å². The van der Waals surface area contributed by atoms with Crippen LogP contribution in [-0.2, 0) is 0 Å². The van der Waals surface area contributed by atoms with Gasteiger partial charge >= 0.3 is 0 Å². The van der Waals surface area contributed by atoms with Gasteiger partial charge in [-0.25, -0.2) is 0 Å². The fourth-order valence-electron chi connectivity index (χ4n) is 10.8. The van der Waals surface area contributed by atoms with E-state index in [1.54, 1.807) is 0 Å². The summed E-state index contributed by atoms with van der Waals surface area (Å²) in [6, 6.07) is 78.9. The predicted molar refractivity (Wildman–Crippen MR) is 265 cm³/mol. The lowest BCUT2D eigenvalue weighted by Crippen LogP contribution is -2.13. The number of nitrogens with zero attached hydrogens (tertiary/aromatic N) is 2. The second-order valence-corrected chi connectivity index (χ2v) is 17.0. The topological polar surface area (TPSA) is 8.17 Å². The Morgan fingerprint density at radius 1 is 0.403 bits per heavy atom. The van der Waals surface area contributed by atoms with Gasteiger partial charge in [-0.05, 0) is 116 Å². The van der Waals surface area contributed by atoms with Gasteiger partial charge in [-0.15, -0.1) is 0 Å². The predicted octanol–water partition coefficient (Wildman–Crippen LogP) is 17.1. The number of anilines is 3. The largest absolute Gasteiger partial charge is 0.308 e. The Morgan fingerprint density at radius 2 is 1.05 bits per heavy atom. The molecule has 0 amide bonds. The van der Waals surface area contributed by atoms with Crippen molar-refractivity contribution in [2.24, 2.45) is 0 Å². The summed E-state index contributed by atoms with van der Waals surface area (Å²) < 4.78 is 2.47. The van der Waals surface area contributed by atoms with Crippen molar-refractivity contribution in [3.05, 3.63) is 218 Å². The van der Waals surface area contributed by atoms with Gasteiger partial charge in [0, 0.05) is 27.7 Å². The van der Waals surface area contributed by atoms with E-state index in [2.05, 4.69) is 222 Å². The lowest BCUT2D eigenvalue weighted by Gasteiger charge is -2.30. The average molecular weight is 795 g/mol. The molecule has 2 nitrogen and oxygen atoms in total. The highest BCUT2D eigenvalue weighted by molar-refractivity contribution is 6.16. The van der Waals surface area contributed by atoms with Crippen molar-refractivity contribution in [3.63, 3.8) is 0 Å². The molecule has 62 heavy (non-hydrogen) atoms. The number of fused-ring (bicyclic) bond motifs is 7. The Kier molecular flexibility index (Phi) is 8.96. The van der Waals surface area contributed by atoms with Crippen LogP contribution >= 0.6 is 0 Å². The smallest absolute Gasteiger partial charge is 0.0782 e. The van der Waals surface area contributed by atoms with Crippen molar-refractivity contribution in [1.29, 1.82) is 0 Å². The normalized spacial score (nSPS) is 13.4. The zero-order chi connectivity index (χ0) is 41.0. The van der Waals surface area contributed by atoms with E-state index in [0.29, 0.717) is 5.92 Å². The van der Waals surface area contributed by atoms with Gasteiger partial charge in [-0.2, -0.15) is 0 Å². The first-order valence-corrected chi connectivity index (χ1v) is 22.3. The van der Waals surface area contributed by atoms with Crippen LogP contribution in [0.25, 0.3) is 82.1 Å². The molecule has 2 heteroatoms. The van der Waals surface area contributed by atoms with Crippen molar-refractivity contribution in [2.75, 3.05) is 4.90 Å². The minimum Gasteiger partial charge on any atom is -0.308 e. The molecule has 12 rings (SSSR count). The summed E-state index contributed by atoms with van der Waals surface area (Å²) in [7, 11) is 0. The first-order chi connectivity index (χ1) is 30.8. The highest BCUT2D eigenvalue weighted by atomic mass is 15.2. The van der Waals surface area contributed by atoms with Gasteiger partial charge < -0.3 is 9.47 Å². The molecule has 0 saturated heterocycles. The molecule has 0 radical (unpaired) electrons. The minimum atomic E-state index is 0.571. The van der Waals surface area contributed by atoms with E-state index in [0.717, 1.165) is 22.7 Å². The highest BCUT2D eigenvalue weighted by Crippen LogP contribution is 2.49. The van der Waals surface area contributed by atoms with Crippen molar-refractivity contribution in [3.8, 4) is 27.9 Å². The summed E-state index contributed by atoms with van der Waals surface area (Å²) in [5.74, 6) is 0.571. The fraction of sp³-hybridized carbons (Fsp3) is 0.100. The van der Waals surface area contributed by atoms with E-state index in [9.17, 15) is 0 Å². The first-order valence-electron chi connectivity index (χ1n) is 22.3. The minimum absolute atomic E-state index is 0.571.